The monoisotopic (exact) mass is 642 g/mol. The molecule has 3 aromatic rings. The summed E-state index contributed by atoms with van der Waals surface area (Å²) in [6, 6.07) is 20.2. The molecule has 1 saturated heterocycles. The molecule has 0 aromatic heterocycles. The third kappa shape index (κ3) is 6.50. The smallest absolute Gasteiger partial charge is 0.235 e. The van der Waals surface area contributed by atoms with Crippen LogP contribution in [0.2, 0.25) is 10.0 Å². The Morgan fingerprint density at radius 2 is 1.74 bits per heavy atom. The Balaban J connectivity index is 1.71. The van der Waals surface area contributed by atoms with Crippen LogP contribution in [0.5, 0.6) is 0 Å². The fraction of sp³-hybridized carbons (Fsp3) is 0.382. The predicted molar refractivity (Wildman–Crippen MR) is 172 cm³/mol. The lowest BCUT2D eigenvalue weighted by molar-refractivity contribution is -0.154. The van der Waals surface area contributed by atoms with E-state index in [2.05, 4.69) is 6.58 Å². The molecule has 2 aliphatic rings. The molecule has 43 heavy (non-hydrogen) atoms. The highest BCUT2D eigenvalue weighted by molar-refractivity contribution is 7.92. The largest absolute Gasteiger partial charge is 0.329 e. The van der Waals surface area contributed by atoms with Crippen LogP contribution in [0.3, 0.4) is 0 Å². The number of carbonyl (C=O) groups excluding carboxylic acids is 1. The molecule has 9 heteroatoms. The van der Waals surface area contributed by atoms with Gasteiger partial charge in [0.1, 0.15) is 5.82 Å². The second-order valence-corrected chi connectivity index (χ2v) is 15.0. The van der Waals surface area contributed by atoms with Crippen LogP contribution in [0.1, 0.15) is 62.6 Å². The van der Waals surface area contributed by atoms with Crippen molar-refractivity contribution in [3.63, 3.8) is 0 Å². The van der Waals surface area contributed by atoms with E-state index in [1.165, 1.54) is 22.5 Å². The summed E-state index contributed by atoms with van der Waals surface area (Å²) < 4.78 is 43.5. The number of carbonyl (C=O) groups is 1. The summed E-state index contributed by atoms with van der Waals surface area (Å²) >= 11 is 12.8. The fourth-order valence-corrected chi connectivity index (χ4v) is 8.00. The van der Waals surface area contributed by atoms with Crippen LogP contribution in [0.15, 0.2) is 85.5 Å². The van der Waals surface area contributed by atoms with E-state index < -0.39 is 33.3 Å². The predicted octanol–water partition coefficient (Wildman–Crippen LogP) is 8.41. The highest BCUT2D eigenvalue weighted by Gasteiger charge is 2.54. The first kappa shape index (κ1) is 31.6. The molecule has 4 unspecified atom stereocenters. The van der Waals surface area contributed by atoms with Gasteiger partial charge in [0.2, 0.25) is 15.9 Å². The zero-order valence-corrected chi connectivity index (χ0v) is 26.8. The maximum Gasteiger partial charge on any atom is 0.235 e. The summed E-state index contributed by atoms with van der Waals surface area (Å²) in [4.78, 5) is 16.7. The van der Waals surface area contributed by atoms with E-state index in [4.69, 9.17) is 23.2 Å². The van der Waals surface area contributed by atoms with Crippen LogP contribution in [0.4, 0.5) is 10.1 Å². The van der Waals surface area contributed by atoms with Gasteiger partial charge in [-0.2, -0.15) is 0 Å². The van der Waals surface area contributed by atoms with Gasteiger partial charge in [-0.15, -0.1) is 6.58 Å². The number of piperidine rings is 1. The quantitative estimate of drug-likeness (QED) is 0.197. The van der Waals surface area contributed by atoms with Crippen molar-refractivity contribution in [1.82, 2.24) is 4.90 Å². The molecular weight excluding hydrogens is 606 g/mol. The molecule has 0 spiro atoms. The minimum absolute atomic E-state index is 0.0113. The lowest BCUT2D eigenvalue weighted by Crippen LogP contribution is -2.59. The maximum absolute atomic E-state index is 15.2. The number of benzene rings is 3. The van der Waals surface area contributed by atoms with E-state index in [0.717, 1.165) is 24.0 Å². The van der Waals surface area contributed by atoms with Gasteiger partial charge in [0.05, 0.1) is 35.5 Å². The van der Waals surface area contributed by atoms with Crippen molar-refractivity contribution in [2.75, 3.05) is 16.6 Å². The highest BCUT2D eigenvalue weighted by Crippen LogP contribution is 2.54. The molecule has 0 bridgehead atoms. The second kappa shape index (κ2) is 12.6. The van der Waals surface area contributed by atoms with Crippen LogP contribution < -0.4 is 4.31 Å². The molecular formula is C34H37Cl2FN2O3S. The van der Waals surface area contributed by atoms with Crippen LogP contribution in [-0.4, -0.2) is 37.6 Å². The summed E-state index contributed by atoms with van der Waals surface area (Å²) in [5.74, 6) is -0.988. The number of likely N-dealkylation sites (tertiary alicyclic amines) is 1. The Kier molecular flexibility index (Phi) is 9.26. The number of hydrogen-bond acceptors (Lipinski definition) is 3. The lowest BCUT2D eigenvalue weighted by Gasteiger charge is -2.53. The van der Waals surface area contributed by atoms with Gasteiger partial charge < -0.3 is 4.90 Å². The van der Waals surface area contributed by atoms with Crippen LogP contribution in [0.25, 0.3) is 0 Å². The molecule has 228 valence electrons. The normalized spacial score (nSPS) is 23.2. The Hall–Kier alpha value is -2.87. The van der Waals surface area contributed by atoms with Gasteiger partial charge in [-0.3, -0.25) is 9.10 Å². The number of nitrogens with zero attached hydrogens (tertiary/aromatic N) is 2. The maximum atomic E-state index is 15.2. The van der Waals surface area contributed by atoms with Crippen LogP contribution in [-0.2, 0) is 14.8 Å². The first-order chi connectivity index (χ1) is 20.5. The summed E-state index contributed by atoms with van der Waals surface area (Å²) in [7, 11) is -3.89. The number of hydrogen-bond donors (Lipinski definition) is 0. The van der Waals surface area contributed by atoms with Crippen molar-refractivity contribution in [2.24, 2.45) is 11.3 Å². The van der Waals surface area contributed by atoms with Crippen molar-refractivity contribution in [3.8, 4) is 0 Å². The van der Waals surface area contributed by atoms with Crippen LogP contribution in [0, 0.1) is 17.2 Å². The van der Waals surface area contributed by atoms with E-state index in [-0.39, 0.29) is 35.7 Å². The Bertz CT molecular complexity index is 1600. The summed E-state index contributed by atoms with van der Waals surface area (Å²) in [6.45, 7) is 7.41. The second-order valence-electron chi connectivity index (χ2n) is 11.9. The van der Waals surface area contributed by atoms with E-state index in [1.807, 2.05) is 60.4 Å². The molecule has 1 aliphatic heterocycles. The minimum Gasteiger partial charge on any atom is -0.329 e. The molecule has 0 N–H and O–H groups in total. The average molecular weight is 644 g/mol. The van der Waals surface area contributed by atoms with Crippen molar-refractivity contribution in [1.29, 1.82) is 0 Å². The molecule has 2 fully saturated rings. The van der Waals surface area contributed by atoms with Crippen LogP contribution >= 0.6 is 23.2 Å². The number of anilines is 1. The summed E-state index contributed by atoms with van der Waals surface area (Å²) in [5, 5.41) is 1.17. The zero-order chi connectivity index (χ0) is 30.9. The Labute approximate surface area is 264 Å². The first-order valence-electron chi connectivity index (χ1n) is 14.7. The molecule has 5 rings (SSSR count). The summed E-state index contributed by atoms with van der Waals surface area (Å²) in [5.41, 5.74) is 1.08. The number of amides is 1. The Morgan fingerprint density at radius 1 is 1.05 bits per heavy atom. The van der Waals surface area contributed by atoms with Crippen molar-refractivity contribution >= 4 is 44.8 Å². The number of halogens is 3. The molecule has 3 aromatic carbocycles. The molecule has 4 atom stereocenters. The minimum atomic E-state index is -3.89. The number of rotatable bonds is 11. The van der Waals surface area contributed by atoms with E-state index >= 15 is 4.39 Å². The molecule has 0 radical (unpaired) electrons. The standard InChI is InChI=1S/C34H37Cl2FN2O3S/c1-4-19-34(3)21-28(25-9-8-10-27(36)20-25)32(24-15-17-26(35)18-16-24)39(33(34)40)31(23-13-14-23)22-38(43(41,42)5-2)30-12-7-6-11-29(30)37/h4,6-12,15-18,20,23,28,31-32H,1,5,13-14,19,21-22H2,2-3H3. The molecule has 1 saturated carbocycles. The third-order valence-electron chi connectivity index (χ3n) is 8.88. The number of para-hydroxylation sites is 1. The van der Waals surface area contributed by atoms with Gasteiger partial charge in [0.25, 0.3) is 0 Å². The lowest BCUT2D eigenvalue weighted by atomic mass is 9.67. The van der Waals surface area contributed by atoms with Crippen molar-refractivity contribution in [3.05, 3.63) is 112 Å². The molecule has 1 amide bonds. The molecule has 1 aliphatic carbocycles. The third-order valence-corrected chi connectivity index (χ3v) is 11.1. The Morgan fingerprint density at radius 3 is 2.35 bits per heavy atom. The van der Waals surface area contributed by atoms with Gasteiger partial charge in [-0.05, 0) is 86.1 Å². The van der Waals surface area contributed by atoms with Crippen molar-refractivity contribution in [2.45, 2.75) is 57.5 Å². The SMILES string of the molecule is C=CCC1(C)CC(c2cccc(Cl)c2)C(c2ccc(Cl)cc2)N(C(CN(c2ccccc2F)S(=O)(=O)CC)C2CC2)C1=O. The van der Waals surface area contributed by atoms with Gasteiger partial charge >= 0.3 is 0 Å². The van der Waals surface area contributed by atoms with Gasteiger partial charge in [0.15, 0.2) is 0 Å². The van der Waals surface area contributed by atoms with Crippen molar-refractivity contribution < 1.29 is 17.6 Å². The van der Waals surface area contributed by atoms with E-state index in [0.29, 0.717) is 22.9 Å². The number of sulfonamides is 1. The van der Waals surface area contributed by atoms with Gasteiger partial charge in [-0.1, -0.05) is 72.6 Å². The topological polar surface area (TPSA) is 57.7 Å². The zero-order valence-electron chi connectivity index (χ0n) is 24.4. The van der Waals surface area contributed by atoms with E-state index in [1.54, 1.807) is 19.1 Å². The number of allylic oxidation sites excluding steroid dienone is 1. The fourth-order valence-electron chi connectivity index (χ4n) is 6.54. The molecule has 1 heterocycles. The average Bonchev–Trinajstić information content (AvgIpc) is 3.82. The van der Waals surface area contributed by atoms with E-state index in [9.17, 15) is 13.2 Å². The highest BCUT2D eigenvalue weighted by atomic mass is 35.5. The first-order valence-corrected chi connectivity index (χ1v) is 17.0. The summed E-state index contributed by atoms with van der Waals surface area (Å²) in [6.07, 6.45) is 4.46. The van der Waals surface area contributed by atoms with Gasteiger partial charge in [0, 0.05) is 16.0 Å². The molecule has 5 nitrogen and oxygen atoms in total. The van der Waals surface area contributed by atoms with Gasteiger partial charge in [-0.25, -0.2) is 12.8 Å².